The number of hydrogen-bond donors (Lipinski definition) is 1. The molecule has 1 heteroatoms. The monoisotopic (exact) mass is 223 g/mol. The van der Waals surface area contributed by atoms with Crippen LogP contribution in [0.2, 0.25) is 0 Å². The summed E-state index contributed by atoms with van der Waals surface area (Å²) in [6.45, 7) is 6.70. The molecule has 1 rings (SSSR count). The maximum absolute atomic E-state index is 9.12. The van der Waals surface area contributed by atoms with Crippen LogP contribution in [0.25, 0.3) is 0 Å². The summed E-state index contributed by atoms with van der Waals surface area (Å²) in [5.41, 5.74) is 1.31. The Hall–Kier alpha value is -0.430. The second kappa shape index (κ2) is 7.78. The number of hydrogen-bond acceptors (Lipinski definition) is 1. The lowest BCUT2D eigenvalue weighted by Gasteiger charge is -2.04. The van der Waals surface area contributed by atoms with Crippen molar-refractivity contribution in [2.45, 2.75) is 64.7 Å². The molecule has 92 valence electrons. The molecule has 0 amide bonds. The third kappa shape index (κ3) is 4.61. The predicted octanol–water partition coefficient (Wildman–Crippen LogP) is 4.27. The van der Waals surface area contributed by atoms with Crippen LogP contribution in [-0.4, -0.2) is 11.7 Å². The van der Waals surface area contributed by atoms with Crippen molar-refractivity contribution in [1.82, 2.24) is 0 Å². The van der Waals surface area contributed by atoms with Gasteiger partial charge in [-0.25, -0.2) is 0 Å². The van der Waals surface area contributed by atoms with Gasteiger partial charge in [-0.2, -0.15) is 0 Å². The molecule has 1 saturated carbocycles. The first-order valence-electron chi connectivity index (χ1n) is 6.91. The lowest BCUT2D eigenvalue weighted by molar-refractivity contribution is 0.232. The fourth-order valence-electron chi connectivity index (χ4n) is 2.58. The zero-order chi connectivity index (χ0) is 11.8. The molecule has 0 saturated heterocycles. The van der Waals surface area contributed by atoms with E-state index in [1.807, 2.05) is 0 Å². The molecule has 1 fully saturated rings. The zero-order valence-electron chi connectivity index (χ0n) is 10.8. The molecule has 1 atom stereocenters. The Balaban J connectivity index is 2.03. The molecule has 0 spiro atoms. The molecule has 1 aliphatic carbocycles. The number of rotatable bonds is 8. The van der Waals surface area contributed by atoms with E-state index in [-0.39, 0.29) is 0 Å². The van der Waals surface area contributed by atoms with Crippen LogP contribution in [-0.2, 0) is 0 Å². The zero-order valence-corrected chi connectivity index (χ0v) is 10.8. The van der Waals surface area contributed by atoms with Crippen LogP contribution in [0.4, 0.5) is 0 Å². The van der Waals surface area contributed by atoms with E-state index < -0.39 is 0 Å². The Bertz CT molecular complexity index is 198. The summed E-state index contributed by atoms with van der Waals surface area (Å²) >= 11 is 0. The lowest BCUT2D eigenvalue weighted by Crippen LogP contribution is -2.00. The Labute approximate surface area is 101 Å². The molecule has 0 aromatic carbocycles. The van der Waals surface area contributed by atoms with E-state index in [1.54, 1.807) is 0 Å². The highest BCUT2D eigenvalue weighted by molar-refractivity contribution is 5.26. The van der Waals surface area contributed by atoms with Crippen LogP contribution in [0.3, 0.4) is 0 Å². The second-order valence-electron chi connectivity index (χ2n) is 5.18. The molecular formula is C15H27O+. The van der Waals surface area contributed by atoms with E-state index in [2.05, 4.69) is 13.5 Å². The third-order valence-electron chi connectivity index (χ3n) is 3.66. The first kappa shape index (κ1) is 13.6. The molecule has 0 aromatic rings. The number of aliphatic hydroxyl groups excluding tert-OH is 1. The predicted molar refractivity (Wildman–Crippen MR) is 70.2 cm³/mol. The van der Waals surface area contributed by atoms with E-state index in [1.165, 1.54) is 56.4 Å². The molecule has 16 heavy (non-hydrogen) atoms. The largest absolute Gasteiger partial charge is 0.396 e. The van der Waals surface area contributed by atoms with Gasteiger partial charge in [0.15, 0.2) is 0 Å². The van der Waals surface area contributed by atoms with E-state index in [0.717, 1.165) is 12.8 Å². The van der Waals surface area contributed by atoms with Crippen molar-refractivity contribution in [3.05, 3.63) is 18.1 Å². The minimum absolute atomic E-state index is 0.332. The fraction of sp³-hybridized carbons (Fsp3) is 0.800. The maximum atomic E-state index is 9.12. The molecular weight excluding hydrogens is 196 g/mol. The molecule has 0 aliphatic heterocycles. The lowest BCUT2D eigenvalue weighted by atomic mass is 9.95. The Morgan fingerprint density at radius 1 is 1.25 bits per heavy atom. The van der Waals surface area contributed by atoms with Gasteiger partial charge < -0.3 is 5.11 Å². The summed E-state index contributed by atoms with van der Waals surface area (Å²) in [6.07, 6.45) is 11.5. The normalized spacial score (nSPS) is 20.8. The van der Waals surface area contributed by atoms with Crippen LogP contribution in [0.1, 0.15) is 64.7 Å². The number of aliphatic hydroxyl groups is 1. The second-order valence-corrected chi connectivity index (χ2v) is 5.18. The Morgan fingerprint density at radius 3 is 2.56 bits per heavy atom. The van der Waals surface area contributed by atoms with Gasteiger partial charge in [0.05, 0.1) is 5.92 Å². The minimum atomic E-state index is 0.332. The molecule has 0 bridgehead atoms. The van der Waals surface area contributed by atoms with Gasteiger partial charge in [-0.1, -0.05) is 39.0 Å². The van der Waals surface area contributed by atoms with Crippen LogP contribution in [0, 0.1) is 11.8 Å². The highest BCUT2D eigenvalue weighted by Crippen LogP contribution is 2.39. The molecule has 1 unspecified atom stereocenters. The molecule has 0 heterocycles. The van der Waals surface area contributed by atoms with Gasteiger partial charge in [-0.3, -0.25) is 0 Å². The minimum Gasteiger partial charge on any atom is -0.396 e. The Kier molecular flexibility index (Phi) is 6.63. The summed E-state index contributed by atoms with van der Waals surface area (Å²) < 4.78 is 0. The smallest absolute Gasteiger partial charge is 0.103 e. The van der Waals surface area contributed by atoms with Gasteiger partial charge in [0.25, 0.3) is 0 Å². The van der Waals surface area contributed by atoms with E-state index in [9.17, 15) is 0 Å². The van der Waals surface area contributed by atoms with Crippen LogP contribution in [0.15, 0.2) is 12.2 Å². The van der Waals surface area contributed by atoms with E-state index in [4.69, 9.17) is 5.11 Å². The average molecular weight is 223 g/mol. The van der Waals surface area contributed by atoms with Crippen LogP contribution in [0.5, 0.6) is 0 Å². The van der Waals surface area contributed by atoms with Crippen molar-refractivity contribution in [2.75, 3.05) is 6.61 Å². The highest BCUT2D eigenvalue weighted by Gasteiger charge is 2.34. The maximum Gasteiger partial charge on any atom is 0.103 e. The van der Waals surface area contributed by atoms with Gasteiger partial charge >= 0.3 is 0 Å². The Morgan fingerprint density at radius 2 is 1.94 bits per heavy atom. The van der Waals surface area contributed by atoms with Gasteiger partial charge in [0.1, 0.15) is 5.57 Å². The van der Waals surface area contributed by atoms with Crippen LogP contribution >= 0.6 is 0 Å². The standard InChI is InChI=1S/C15H27O/c1-3-4-5-6-7-8-9-15-11-14(12-16)10-13(15)2/h14,16H,2-12H2,1H3/q+1. The van der Waals surface area contributed by atoms with E-state index >= 15 is 0 Å². The summed E-state index contributed by atoms with van der Waals surface area (Å²) in [5, 5.41) is 9.12. The summed E-state index contributed by atoms with van der Waals surface area (Å²) in [7, 11) is 0. The van der Waals surface area contributed by atoms with Crippen molar-refractivity contribution in [3.63, 3.8) is 0 Å². The van der Waals surface area contributed by atoms with Gasteiger partial charge in [-0.05, 0) is 6.42 Å². The molecule has 0 radical (unpaired) electrons. The van der Waals surface area contributed by atoms with Crippen molar-refractivity contribution in [2.24, 2.45) is 5.92 Å². The topological polar surface area (TPSA) is 20.2 Å². The molecule has 0 aromatic heterocycles. The molecule has 1 aliphatic rings. The van der Waals surface area contributed by atoms with E-state index in [0.29, 0.717) is 12.5 Å². The number of allylic oxidation sites excluding steroid dienone is 1. The first-order valence-corrected chi connectivity index (χ1v) is 6.91. The van der Waals surface area contributed by atoms with Gasteiger partial charge in [0, 0.05) is 38.4 Å². The third-order valence-corrected chi connectivity index (χ3v) is 3.66. The fourth-order valence-corrected chi connectivity index (χ4v) is 2.58. The quantitative estimate of drug-likeness (QED) is 0.481. The molecule has 1 nitrogen and oxygen atoms in total. The first-order chi connectivity index (χ1) is 7.77. The highest BCUT2D eigenvalue weighted by atomic mass is 16.3. The van der Waals surface area contributed by atoms with Crippen molar-refractivity contribution < 1.29 is 5.11 Å². The van der Waals surface area contributed by atoms with Gasteiger partial charge in [-0.15, -0.1) is 0 Å². The van der Waals surface area contributed by atoms with Crippen molar-refractivity contribution >= 4 is 0 Å². The SMILES string of the molecule is C=C1CC(CO)C[C+]1CCCCCCCC. The van der Waals surface area contributed by atoms with Crippen LogP contribution < -0.4 is 0 Å². The number of unbranched alkanes of at least 4 members (excludes halogenated alkanes) is 5. The van der Waals surface area contributed by atoms with Gasteiger partial charge in [0.2, 0.25) is 0 Å². The average Bonchev–Trinajstić information content (AvgIpc) is 2.65. The van der Waals surface area contributed by atoms with Crippen molar-refractivity contribution in [3.8, 4) is 0 Å². The summed E-state index contributed by atoms with van der Waals surface area (Å²) in [5.74, 6) is 2.01. The van der Waals surface area contributed by atoms with Crippen molar-refractivity contribution in [1.29, 1.82) is 0 Å². The summed E-state index contributed by atoms with van der Waals surface area (Å²) in [4.78, 5) is 0. The molecule has 1 N–H and O–H groups in total. The summed E-state index contributed by atoms with van der Waals surface area (Å²) in [6, 6.07) is 0.